The van der Waals surface area contributed by atoms with Gasteiger partial charge in [-0.2, -0.15) is 11.8 Å². The average molecular weight is 549 g/mol. The fourth-order valence-electron chi connectivity index (χ4n) is 5.46. The molecule has 1 N–H and O–H groups in total. The van der Waals surface area contributed by atoms with Gasteiger partial charge in [0.05, 0.1) is 19.6 Å². The van der Waals surface area contributed by atoms with Crippen LogP contribution in [0.3, 0.4) is 0 Å². The molecular weight excluding hydrogens is 512 g/mol. The van der Waals surface area contributed by atoms with Gasteiger partial charge in [-0.05, 0) is 91.8 Å². The number of hydrogen-bond acceptors (Lipinski definition) is 6. The Labute approximate surface area is 234 Å². The van der Waals surface area contributed by atoms with Crippen LogP contribution < -0.4 is 18.9 Å². The number of thioether (sulfide) groups is 1. The largest absolute Gasteiger partial charge is 0.494 e. The maximum absolute atomic E-state index is 11.1. The number of carboxylic acids is 1. The molecule has 206 valence electrons. The highest BCUT2D eigenvalue weighted by Crippen LogP contribution is 2.44. The van der Waals surface area contributed by atoms with Crippen molar-refractivity contribution < 1.29 is 28.8 Å². The van der Waals surface area contributed by atoms with E-state index in [4.69, 9.17) is 24.1 Å². The van der Waals surface area contributed by atoms with E-state index in [0.29, 0.717) is 31.3 Å². The minimum absolute atomic E-state index is 0.0632. The van der Waals surface area contributed by atoms with E-state index in [1.165, 1.54) is 16.7 Å². The fourth-order valence-corrected chi connectivity index (χ4v) is 5.87. The molecule has 0 bridgehead atoms. The molecule has 1 unspecified atom stereocenters. The molecule has 0 aromatic heterocycles. The summed E-state index contributed by atoms with van der Waals surface area (Å²) in [6.07, 6.45) is 3.99. The highest BCUT2D eigenvalue weighted by atomic mass is 32.2. The van der Waals surface area contributed by atoms with Crippen molar-refractivity contribution in [3.8, 4) is 34.1 Å². The third-order valence-electron chi connectivity index (χ3n) is 7.16. The highest BCUT2D eigenvalue weighted by Gasteiger charge is 2.30. The van der Waals surface area contributed by atoms with Crippen LogP contribution in [0.5, 0.6) is 23.0 Å². The van der Waals surface area contributed by atoms with Gasteiger partial charge in [-0.3, -0.25) is 4.79 Å². The minimum Gasteiger partial charge on any atom is -0.494 e. The van der Waals surface area contributed by atoms with E-state index in [-0.39, 0.29) is 17.9 Å². The van der Waals surface area contributed by atoms with Crippen LogP contribution in [-0.2, 0) is 17.8 Å². The van der Waals surface area contributed by atoms with Gasteiger partial charge in [-0.1, -0.05) is 12.1 Å². The van der Waals surface area contributed by atoms with E-state index in [1.807, 2.05) is 42.1 Å². The Kier molecular flexibility index (Phi) is 7.98. The van der Waals surface area contributed by atoms with Crippen molar-refractivity contribution >= 4 is 17.7 Å². The summed E-state index contributed by atoms with van der Waals surface area (Å²) in [6, 6.07) is 16.2. The summed E-state index contributed by atoms with van der Waals surface area (Å²) in [4.78, 5) is 11.1. The molecule has 2 heterocycles. The standard InChI is InChI=1S/C32H36O6S/c1-20-12-25(35-10-5-11-39-4)14-22-17-32(2,3)38-28-9-6-21(13-27(28)31(20)22)18-36-24-7-8-26-23(15-30(33)34)19-37-29(26)16-24/h6-9,12-14,16,23H,5,10-11,15,17-19H2,1-4H3,(H,33,34). The summed E-state index contributed by atoms with van der Waals surface area (Å²) in [5, 5.41) is 9.14. The number of fused-ring (bicyclic) bond motifs is 4. The molecule has 39 heavy (non-hydrogen) atoms. The van der Waals surface area contributed by atoms with Crippen LogP contribution in [0.4, 0.5) is 0 Å². The number of aliphatic carboxylic acids is 1. The topological polar surface area (TPSA) is 74.2 Å². The van der Waals surface area contributed by atoms with Gasteiger partial charge in [-0.15, -0.1) is 0 Å². The number of hydrogen-bond donors (Lipinski definition) is 1. The lowest BCUT2D eigenvalue weighted by atomic mass is 9.89. The Bertz CT molecular complexity index is 1370. The molecule has 3 aromatic carbocycles. The smallest absolute Gasteiger partial charge is 0.304 e. The lowest BCUT2D eigenvalue weighted by Gasteiger charge is -2.25. The first-order chi connectivity index (χ1) is 18.7. The first-order valence-electron chi connectivity index (χ1n) is 13.4. The van der Waals surface area contributed by atoms with Crippen molar-refractivity contribution in [2.24, 2.45) is 0 Å². The van der Waals surface area contributed by atoms with Crippen LogP contribution in [-0.4, -0.2) is 41.9 Å². The molecule has 0 aliphatic carbocycles. The van der Waals surface area contributed by atoms with E-state index < -0.39 is 5.97 Å². The quantitative estimate of drug-likeness (QED) is 0.273. The van der Waals surface area contributed by atoms with Crippen LogP contribution in [0.25, 0.3) is 11.1 Å². The van der Waals surface area contributed by atoms with Gasteiger partial charge in [0.2, 0.25) is 0 Å². The summed E-state index contributed by atoms with van der Waals surface area (Å²) >= 11 is 1.84. The molecule has 0 spiro atoms. The second kappa shape index (κ2) is 11.4. The van der Waals surface area contributed by atoms with Gasteiger partial charge in [0.25, 0.3) is 0 Å². The number of ether oxygens (including phenoxy) is 4. The molecule has 0 amide bonds. The summed E-state index contributed by atoms with van der Waals surface area (Å²) < 4.78 is 24.5. The summed E-state index contributed by atoms with van der Waals surface area (Å²) in [5.41, 5.74) is 6.26. The third kappa shape index (κ3) is 6.30. The Morgan fingerprint density at radius 2 is 1.92 bits per heavy atom. The van der Waals surface area contributed by atoms with E-state index in [9.17, 15) is 4.79 Å². The van der Waals surface area contributed by atoms with Gasteiger partial charge < -0.3 is 24.1 Å². The highest BCUT2D eigenvalue weighted by molar-refractivity contribution is 7.98. The predicted octanol–water partition coefficient (Wildman–Crippen LogP) is 7.04. The summed E-state index contributed by atoms with van der Waals surface area (Å²) in [5.74, 6) is 3.32. The first kappa shape index (κ1) is 27.3. The molecule has 1 atom stereocenters. The Morgan fingerprint density at radius 3 is 2.72 bits per heavy atom. The van der Waals surface area contributed by atoms with Crippen molar-refractivity contribution in [2.75, 3.05) is 25.2 Å². The van der Waals surface area contributed by atoms with Crippen LogP contribution in [0, 0.1) is 6.92 Å². The van der Waals surface area contributed by atoms with Crippen molar-refractivity contribution in [2.45, 2.75) is 58.2 Å². The zero-order chi connectivity index (χ0) is 27.6. The number of aryl methyl sites for hydroxylation is 1. The van der Waals surface area contributed by atoms with Crippen molar-refractivity contribution in [1.82, 2.24) is 0 Å². The third-order valence-corrected chi connectivity index (χ3v) is 7.86. The molecule has 0 radical (unpaired) electrons. The molecule has 2 aliphatic heterocycles. The molecular formula is C32H36O6S. The summed E-state index contributed by atoms with van der Waals surface area (Å²) in [6.45, 7) is 7.88. The predicted molar refractivity (Wildman–Crippen MR) is 155 cm³/mol. The Morgan fingerprint density at radius 1 is 1.08 bits per heavy atom. The van der Waals surface area contributed by atoms with Crippen molar-refractivity contribution in [3.05, 3.63) is 70.8 Å². The number of carboxylic acid groups (broad SMARTS) is 1. The maximum Gasteiger partial charge on any atom is 0.304 e. The molecule has 6 nitrogen and oxygen atoms in total. The fraction of sp³-hybridized carbons (Fsp3) is 0.406. The van der Waals surface area contributed by atoms with Gasteiger partial charge in [0, 0.05) is 29.5 Å². The maximum atomic E-state index is 11.1. The van der Waals surface area contributed by atoms with Gasteiger partial charge in [-0.25, -0.2) is 0 Å². The first-order valence-corrected chi connectivity index (χ1v) is 14.8. The lowest BCUT2D eigenvalue weighted by Crippen LogP contribution is -2.30. The van der Waals surface area contributed by atoms with Crippen LogP contribution in [0.2, 0.25) is 0 Å². The molecule has 0 fully saturated rings. The van der Waals surface area contributed by atoms with Crippen molar-refractivity contribution in [1.29, 1.82) is 0 Å². The lowest BCUT2D eigenvalue weighted by molar-refractivity contribution is -0.137. The van der Waals surface area contributed by atoms with Crippen LogP contribution in [0.1, 0.15) is 54.9 Å². The van der Waals surface area contributed by atoms with E-state index in [2.05, 4.69) is 45.2 Å². The van der Waals surface area contributed by atoms with E-state index in [0.717, 1.165) is 46.8 Å². The second-order valence-electron chi connectivity index (χ2n) is 10.9. The SMILES string of the molecule is CSCCCOc1cc(C)c2c(c1)CC(C)(C)Oc1ccc(COc3ccc4c(c3)OCC4CC(=O)O)cc1-2. The van der Waals surface area contributed by atoms with E-state index >= 15 is 0 Å². The summed E-state index contributed by atoms with van der Waals surface area (Å²) in [7, 11) is 0. The number of rotatable bonds is 10. The minimum atomic E-state index is -0.820. The second-order valence-corrected chi connectivity index (χ2v) is 11.9. The average Bonchev–Trinajstić information content (AvgIpc) is 3.21. The van der Waals surface area contributed by atoms with Gasteiger partial charge in [0.1, 0.15) is 35.2 Å². The Hall–Kier alpha value is -3.32. The molecule has 5 rings (SSSR count). The van der Waals surface area contributed by atoms with Crippen LogP contribution >= 0.6 is 11.8 Å². The normalized spacial score (nSPS) is 16.7. The molecule has 3 aromatic rings. The Balaban J connectivity index is 1.37. The zero-order valence-electron chi connectivity index (χ0n) is 23.0. The van der Waals surface area contributed by atoms with Crippen LogP contribution in [0.15, 0.2) is 48.5 Å². The molecule has 0 saturated heterocycles. The monoisotopic (exact) mass is 548 g/mol. The molecule has 0 saturated carbocycles. The van der Waals surface area contributed by atoms with Gasteiger partial charge >= 0.3 is 5.97 Å². The number of carbonyl (C=O) groups is 1. The zero-order valence-corrected chi connectivity index (χ0v) is 23.9. The molecule has 2 aliphatic rings. The van der Waals surface area contributed by atoms with E-state index in [1.54, 1.807) is 0 Å². The number of benzene rings is 3. The van der Waals surface area contributed by atoms with Gasteiger partial charge in [0.15, 0.2) is 0 Å². The van der Waals surface area contributed by atoms with Crippen molar-refractivity contribution in [3.63, 3.8) is 0 Å². The molecule has 7 heteroatoms.